The number of rotatable bonds is 0. The Morgan fingerprint density at radius 2 is 0.412 bits per heavy atom. The molecule has 0 aromatic carbocycles. The molecular weight excluding hydrogens is 411 g/mol. The van der Waals surface area contributed by atoms with Crippen molar-refractivity contribution in [2.45, 2.75) is 0 Å². The third-order valence-electron chi connectivity index (χ3n) is 0. The number of hydrogen-bond acceptors (Lipinski definition) is 6. The van der Waals surface area contributed by atoms with E-state index in [0.29, 0.717) is 0 Å². The van der Waals surface area contributed by atoms with Gasteiger partial charge in [0, 0.05) is 0 Å². The number of halogens is 4. The van der Waals surface area contributed by atoms with Crippen molar-refractivity contribution in [3.05, 3.63) is 0 Å². The second-order valence-electron chi connectivity index (χ2n) is 0.303. The Bertz CT molecular complexity index is 85.5. The van der Waals surface area contributed by atoms with Crippen LogP contribution in [0.2, 0.25) is 0 Å². The van der Waals surface area contributed by atoms with Gasteiger partial charge in [-0.3, -0.25) is 28.8 Å². The van der Waals surface area contributed by atoms with E-state index in [4.69, 9.17) is 67.5 Å². The van der Waals surface area contributed by atoms with E-state index in [0.717, 1.165) is 0 Å². The molecular formula is C6Cl4O6Ru. The molecule has 0 spiro atoms. The monoisotopic (exact) mass is 410 g/mol. The van der Waals surface area contributed by atoms with Crippen molar-refractivity contribution in [3.63, 3.8) is 0 Å². The van der Waals surface area contributed by atoms with Gasteiger partial charge in [-0.15, -0.1) is 0 Å². The Balaban J connectivity index is -0.0000000147. The van der Waals surface area contributed by atoms with Gasteiger partial charge in [0.15, 0.2) is 0 Å². The third kappa shape index (κ3) is 77900. The summed E-state index contributed by atoms with van der Waals surface area (Å²) in [5.74, 6) is 0. The fraction of sp³-hybridized carbons (Fsp3) is 0. The summed E-state index contributed by atoms with van der Waals surface area (Å²) in [5.41, 5.74) is 0. The average Bonchev–Trinajstić information content (AvgIpc) is 2.41. The van der Waals surface area contributed by atoms with Crippen LogP contribution in [0.3, 0.4) is 0 Å². The van der Waals surface area contributed by atoms with Gasteiger partial charge in [-0.1, -0.05) is 0 Å². The molecule has 0 bridgehead atoms. The minimum absolute atomic E-state index is 2.97. The molecule has 0 unspecified atom stereocenters. The van der Waals surface area contributed by atoms with E-state index in [9.17, 15) is 0 Å². The second kappa shape index (κ2) is 103. The molecule has 0 aliphatic heterocycles. The van der Waals surface area contributed by atoms with Crippen LogP contribution in [-0.4, -0.2) is 40.7 Å². The summed E-state index contributed by atoms with van der Waals surface area (Å²) in [6, 6.07) is 0. The summed E-state index contributed by atoms with van der Waals surface area (Å²) in [4.78, 5) is 45.0. The molecule has 11 heteroatoms. The van der Waals surface area contributed by atoms with E-state index in [1.165, 1.54) is 0 Å². The quantitative estimate of drug-likeness (QED) is 0.534. The Hall–Kier alpha value is -0.197. The van der Waals surface area contributed by atoms with Crippen LogP contribution in [0.5, 0.6) is 0 Å². The topological polar surface area (TPSA) is 102 Å². The zero-order valence-electron chi connectivity index (χ0n) is 7.31. The second-order valence-corrected chi connectivity index (χ2v) is 16.1. The van der Waals surface area contributed by atoms with E-state index in [1.807, 2.05) is 0 Å². The van der Waals surface area contributed by atoms with Gasteiger partial charge >= 0.3 is 49.6 Å². The Morgan fingerprint density at radius 3 is 0.412 bits per heavy atom. The maximum absolute atomic E-state index is 7.50. The Morgan fingerprint density at radius 1 is 0.412 bits per heavy atom. The van der Waals surface area contributed by atoms with Gasteiger partial charge < -0.3 is 0 Å². The maximum atomic E-state index is 7.50. The van der Waals surface area contributed by atoms with Crippen molar-refractivity contribution in [1.82, 2.24) is 0 Å². The van der Waals surface area contributed by atoms with Crippen LogP contribution in [0, 0.1) is 0 Å². The van der Waals surface area contributed by atoms with Crippen LogP contribution in [0.25, 0.3) is 0 Å². The summed E-state index contributed by atoms with van der Waals surface area (Å²) < 4.78 is 0. The molecule has 0 aromatic rings. The standard InChI is InChI=1S/6CO.4ClH.Ru/c6*1-2;;;;;/h;;;;;;4*1H;/q;;;;;;;;;;+4/p-4. The molecule has 0 amide bonds. The fourth-order valence-corrected chi connectivity index (χ4v) is 0. The molecule has 0 saturated carbocycles. The van der Waals surface area contributed by atoms with Crippen LogP contribution in [0.4, 0.5) is 0 Å². The van der Waals surface area contributed by atoms with Crippen molar-refractivity contribution < 1.29 is 39.6 Å². The molecule has 6 nitrogen and oxygen atoms in total. The average molecular weight is 411 g/mol. The molecule has 12 radical (unpaired) electrons. The van der Waals surface area contributed by atoms with E-state index in [-0.39, 0.29) is 0 Å². The molecule has 96 valence electrons. The molecule has 0 rings (SSSR count). The van der Waals surface area contributed by atoms with Gasteiger partial charge in [0.25, 0.3) is 40.7 Å². The van der Waals surface area contributed by atoms with Gasteiger partial charge in [-0.25, -0.2) is 0 Å². The fourth-order valence-electron chi connectivity index (χ4n) is 0. The van der Waals surface area contributed by atoms with Gasteiger partial charge in [0.1, 0.15) is 0 Å². The summed E-state index contributed by atoms with van der Waals surface area (Å²) in [6.07, 6.45) is 0. The summed E-state index contributed by atoms with van der Waals surface area (Å²) >= 11 is 0. The normalized spacial score (nSPS) is 5.88. The van der Waals surface area contributed by atoms with Gasteiger partial charge in [0.2, 0.25) is 0 Å². The molecule has 0 saturated heterocycles. The summed E-state index contributed by atoms with van der Waals surface area (Å²) in [5, 5.41) is 0. The van der Waals surface area contributed by atoms with E-state index in [1.54, 1.807) is 0 Å². The van der Waals surface area contributed by atoms with Crippen LogP contribution in [-0.2, 0) is 39.6 Å². The number of hydrogen-bond donors (Lipinski definition) is 0. The van der Waals surface area contributed by atoms with Crippen molar-refractivity contribution >= 4 is 79.5 Å². The van der Waals surface area contributed by atoms with Gasteiger partial charge in [-0.05, 0) is 0 Å². The van der Waals surface area contributed by atoms with Crippen LogP contribution >= 0.6 is 38.8 Å². The first kappa shape index (κ1) is 43.7. The first-order valence-corrected chi connectivity index (χ1v) is 10.7. The van der Waals surface area contributed by atoms with Crippen molar-refractivity contribution in [2.75, 3.05) is 0 Å². The van der Waals surface area contributed by atoms with Gasteiger partial charge in [0.05, 0.1) is 0 Å². The summed E-state index contributed by atoms with van der Waals surface area (Å²) in [7, 11) is 17.0. The van der Waals surface area contributed by atoms with Crippen molar-refractivity contribution in [3.8, 4) is 0 Å². The first-order valence-electron chi connectivity index (χ1n) is 1.76. The molecule has 0 aliphatic rings. The van der Waals surface area contributed by atoms with Crippen molar-refractivity contribution in [1.29, 1.82) is 0 Å². The van der Waals surface area contributed by atoms with Gasteiger partial charge in [-0.2, -0.15) is 0 Å². The molecule has 0 N–H and O–H groups in total. The van der Waals surface area contributed by atoms with Crippen LogP contribution in [0.1, 0.15) is 0 Å². The van der Waals surface area contributed by atoms with Crippen LogP contribution in [0.15, 0.2) is 0 Å². The molecule has 0 aromatic heterocycles. The summed E-state index contributed by atoms with van der Waals surface area (Å²) in [6.45, 7) is 27.0. The van der Waals surface area contributed by atoms with E-state index in [2.05, 4.69) is 40.7 Å². The van der Waals surface area contributed by atoms with Crippen LogP contribution < -0.4 is 0 Å². The third-order valence-corrected chi connectivity index (χ3v) is 0. The SMILES string of the molecule is [C]=O.[C]=O.[C]=O.[C]=O.[C]=O.[C]=O.[Cl][Ru]([Cl])([Cl])[Cl]. The molecule has 0 aliphatic carbocycles. The predicted molar refractivity (Wildman–Crippen MR) is 57.6 cm³/mol. The van der Waals surface area contributed by atoms with E-state index < -0.39 is 10.8 Å². The zero-order valence-corrected chi connectivity index (χ0v) is 12.1. The molecule has 0 atom stereocenters. The van der Waals surface area contributed by atoms with E-state index >= 15 is 0 Å². The van der Waals surface area contributed by atoms with Crippen molar-refractivity contribution in [2.24, 2.45) is 0 Å². The molecule has 0 fully saturated rings. The predicted octanol–water partition coefficient (Wildman–Crippen LogP) is 0.373. The minimum atomic E-state index is -2.97. The first-order chi connectivity index (χ1) is 8.00. The Labute approximate surface area is 119 Å². The molecule has 0 heterocycles. The molecule has 17 heavy (non-hydrogen) atoms. The zero-order chi connectivity index (χ0) is 16.5. The number of carbonyl (C=O) groups excluding carboxylic acids is 6. The Kier molecular flexibility index (Phi) is 264.